The summed E-state index contributed by atoms with van der Waals surface area (Å²) in [6, 6.07) is 22.5. The second kappa shape index (κ2) is 7.21. The van der Waals surface area contributed by atoms with Crippen molar-refractivity contribution in [3.63, 3.8) is 0 Å². The Morgan fingerprint density at radius 1 is 0.964 bits per heavy atom. The number of rotatable bonds is 4. The molecule has 5 rings (SSSR count). The third-order valence-electron chi connectivity index (χ3n) is 5.25. The number of hydrogen-bond acceptors (Lipinski definition) is 3. The molecular weight excluding hydrogens is 364 g/mol. The molecule has 1 aliphatic rings. The zero-order chi connectivity index (χ0) is 18.9. The van der Waals surface area contributed by atoms with E-state index < -0.39 is 0 Å². The predicted octanol–water partition coefficient (Wildman–Crippen LogP) is 5.63. The highest BCUT2D eigenvalue weighted by atomic mass is 32.1. The Kier molecular flexibility index (Phi) is 4.41. The van der Waals surface area contributed by atoms with Crippen LogP contribution in [0.25, 0.3) is 20.8 Å². The van der Waals surface area contributed by atoms with Gasteiger partial charge in [-0.05, 0) is 60.2 Å². The summed E-state index contributed by atoms with van der Waals surface area (Å²) in [6.45, 7) is 0. The molecule has 3 nitrogen and oxygen atoms in total. The minimum Gasteiger partial charge on any atom is -0.325 e. The molecule has 138 valence electrons. The Balaban J connectivity index is 1.39. The van der Waals surface area contributed by atoms with Crippen LogP contribution in [-0.2, 0) is 24.1 Å². The van der Waals surface area contributed by atoms with Crippen molar-refractivity contribution < 1.29 is 4.79 Å². The lowest BCUT2D eigenvalue weighted by Gasteiger charge is -2.10. The molecule has 0 atom stereocenters. The van der Waals surface area contributed by atoms with Gasteiger partial charge in [0.2, 0.25) is 5.91 Å². The zero-order valence-electron chi connectivity index (χ0n) is 15.4. The van der Waals surface area contributed by atoms with E-state index in [4.69, 9.17) is 4.98 Å². The van der Waals surface area contributed by atoms with Crippen LogP contribution in [0.1, 0.15) is 23.1 Å². The maximum absolute atomic E-state index is 12.7. The standard InChI is InChI=1S/C24H20N2OS/c27-23(15-16-12-13-17-6-5-7-18(17)14-16)25-20-9-2-1-8-19(20)24-26-21-10-3-4-11-22(21)28-24/h1-4,8-14H,5-7,15H2,(H,25,27). The molecule has 0 bridgehead atoms. The Labute approximate surface area is 168 Å². The third kappa shape index (κ3) is 3.32. The maximum atomic E-state index is 12.7. The number of carbonyl (C=O) groups excluding carboxylic acids is 1. The summed E-state index contributed by atoms with van der Waals surface area (Å²) in [5, 5.41) is 4.02. The van der Waals surface area contributed by atoms with Crippen LogP contribution in [0.4, 0.5) is 5.69 Å². The van der Waals surface area contributed by atoms with E-state index in [9.17, 15) is 4.79 Å². The van der Waals surface area contributed by atoms with Crippen LogP contribution in [0.15, 0.2) is 66.7 Å². The zero-order valence-corrected chi connectivity index (χ0v) is 16.3. The van der Waals surface area contributed by atoms with Gasteiger partial charge in [0, 0.05) is 5.56 Å². The third-order valence-corrected chi connectivity index (χ3v) is 6.32. The van der Waals surface area contributed by atoms with Gasteiger partial charge in [-0.25, -0.2) is 4.98 Å². The van der Waals surface area contributed by atoms with Crippen molar-refractivity contribution in [2.75, 3.05) is 5.32 Å². The number of hydrogen-bond donors (Lipinski definition) is 1. The fraction of sp³-hybridized carbons (Fsp3) is 0.167. The first-order valence-electron chi connectivity index (χ1n) is 9.62. The average Bonchev–Trinajstić information content (AvgIpc) is 3.34. The summed E-state index contributed by atoms with van der Waals surface area (Å²) < 4.78 is 1.15. The van der Waals surface area contributed by atoms with Gasteiger partial charge < -0.3 is 5.32 Å². The highest BCUT2D eigenvalue weighted by Crippen LogP contribution is 2.34. The Bertz CT molecular complexity index is 1150. The van der Waals surface area contributed by atoms with Crippen LogP contribution in [0.2, 0.25) is 0 Å². The van der Waals surface area contributed by atoms with Crippen LogP contribution < -0.4 is 5.32 Å². The van der Waals surface area contributed by atoms with Crippen molar-refractivity contribution in [1.82, 2.24) is 4.98 Å². The molecule has 4 aromatic rings. The Morgan fingerprint density at radius 3 is 2.71 bits per heavy atom. The molecule has 4 heteroatoms. The molecule has 0 saturated carbocycles. The summed E-state index contributed by atoms with van der Waals surface area (Å²) in [6.07, 6.45) is 3.91. The van der Waals surface area contributed by atoms with Crippen molar-refractivity contribution in [2.24, 2.45) is 0 Å². The number of anilines is 1. The second-order valence-corrected chi connectivity index (χ2v) is 8.24. The van der Waals surface area contributed by atoms with E-state index in [1.807, 2.05) is 42.5 Å². The first-order valence-corrected chi connectivity index (χ1v) is 10.4. The van der Waals surface area contributed by atoms with E-state index in [1.54, 1.807) is 11.3 Å². The predicted molar refractivity (Wildman–Crippen MR) is 116 cm³/mol. The van der Waals surface area contributed by atoms with Gasteiger partial charge in [0.1, 0.15) is 5.01 Å². The molecule has 0 radical (unpaired) electrons. The van der Waals surface area contributed by atoms with Crippen LogP contribution in [0.5, 0.6) is 0 Å². The van der Waals surface area contributed by atoms with Gasteiger partial charge in [-0.2, -0.15) is 0 Å². The van der Waals surface area contributed by atoms with Crippen LogP contribution >= 0.6 is 11.3 Å². The van der Waals surface area contributed by atoms with Crippen molar-refractivity contribution in [3.05, 3.63) is 83.4 Å². The van der Waals surface area contributed by atoms with Crippen LogP contribution in [0, 0.1) is 0 Å². The molecule has 0 saturated heterocycles. The van der Waals surface area contributed by atoms with Gasteiger partial charge in [0.15, 0.2) is 0 Å². The van der Waals surface area contributed by atoms with Gasteiger partial charge in [-0.1, -0.05) is 42.5 Å². The van der Waals surface area contributed by atoms with Crippen molar-refractivity contribution in [1.29, 1.82) is 0 Å². The monoisotopic (exact) mass is 384 g/mol. The number of fused-ring (bicyclic) bond motifs is 2. The molecule has 1 aliphatic carbocycles. The topological polar surface area (TPSA) is 42.0 Å². The van der Waals surface area contributed by atoms with E-state index in [-0.39, 0.29) is 5.91 Å². The SMILES string of the molecule is O=C(Cc1ccc2c(c1)CCC2)Nc1ccccc1-c1nc2ccccc2s1. The summed E-state index contributed by atoms with van der Waals surface area (Å²) in [7, 11) is 0. The number of nitrogens with one attached hydrogen (secondary N) is 1. The van der Waals surface area contributed by atoms with Crippen molar-refractivity contribution >= 4 is 33.1 Å². The van der Waals surface area contributed by atoms with E-state index in [0.717, 1.165) is 44.9 Å². The van der Waals surface area contributed by atoms with E-state index in [2.05, 4.69) is 29.6 Å². The number of thiazole rings is 1. The number of amides is 1. The first-order chi connectivity index (χ1) is 13.8. The number of benzene rings is 3. The number of aryl methyl sites for hydroxylation is 2. The van der Waals surface area contributed by atoms with Gasteiger partial charge in [0.05, 0.1) is 22.3 Å². The minimum atomic E-state index is 0.00603. The van der Waals surface area contributed by atoms with E-state index in [0.29, 0.717) is 6.42 Å². The molecule has 0 fully saturated rings. The smallest absolute Gasteiger partial charge is 0.228 e. The molecular formula is C24H20N2OS. The van der Waals surface area contributed by atoms with E-state index in [1.165, 1.54) is 17.5 Å². The molecule has 28 heavy (non-hydrogen) atoms. The number of para-hydroxylation sites is 2. The highest BCUT2D eigenvalue weighted by molar-refractivity contribution is 7.21. The molecule has 1 amide bonds. The van der Waals surface area contributed by atoms with Gasteiger partial charge in [-0.15, -0.1) is 11.3 Å². The molecule has 0 spiro atoms. The molecule has 1 N–H and O–H groups in total. The van der Waals surface area contributed by atoms with E-state index >= 15 is 0 Å². The van der Waals surface area contributed by atoms with Gasteiger partial charge in [-0.3, -0.25) is 4.79 Å². The van der Waals surface area contributed by atoms with Crippen molar-refractivity contribution in [2.45, 2.75) is 25.7 Å². The Morgan fingerprint density at radius 2 is 1.79 bits per heavy atom. The summed E-state index contributed by atoms with van der Waals surface area (Å²) in [4.78, 5) is 17.5. The normalized spacial score (nSPS) is 12.9. The second-order valence-electron chi connectivity index (χ2n) is 7.21. The average molecular weight is 385 g/mol. The first kappa shape index (κ1) is 17.1. The molecule has 0 unspecified atom stereocenters. The molecule has 1 heterocycles. The fourth-order valence-corrected chi connectivity index (χ4v) is 4.89. The summed E-state index contributed by atoms with van der Waals surface area (Å²) in [5.74, 6) is 0.00603. The Hall–Kier alpha value is -2.98. The van der Waals surface area contributed by atoms with Gasteiger partial charge in [0.25, 0.3) is 0 Å². The number of aromatic nitrogens is 1. The quantitative estimate of drug-likeness (QED) is 0.495. The fourth-order valence-electron chi connectivity index (χ4n) is 3.88. The molecule has 3 aromatic carbocycles. The lowest BCUT2D eigenvalue weighted by molar-refractivity contribution is -0.115. The lowest BCUT2D eigenvalue weighted by Crippen LogP contribution is -2.15. The largest absolute Gasteiger partial charge is 0.325 e. The van der Waals surface area contributed by atoms with Crippen molar-refractivity contribution in [3.8, 4) is 10.6 Å². The number of carbonyl (C=O) groups is 1. The molecule has 0 aliphatic heterocycles. The lowest BCUT2D eigenvalue weighted by atomic mass is 10.0. The summed E-state index contributed by atoms with van der Waals surface area (Å²) in [5.41, 5.74) is 6.68. The van der Waals surface area contributed by atoms with Crippen LogP contribution in [-0.4, -0.2) is 10.9 Å². The number of nitrogens with zero attached hydrogens (tertiary/aromatic N) is 1. The molecule has 1 aromatic heterocycles. The maximum Gasteiger partial charge on any atom is 0.228 e. The van der Waals surface area contributed by atoms with Crippen LogP contribution in [0.3, 0.4) is 0 Å². The van der Waals surface area contributed by atoms with Gasteiger partial charge >= 0.3 is 0 Å². The minimum absolute atomic E-state index is 0.00603. The highest BCUT2D eigenvalue weighted by Gasteiger charge is 2.15. The summed E-state index contributed by atoms with van der Waals surface area (Å²) >= 11 is 1.65.